The molecule has 0 amide bonds. The number of nitrogens with two attached hydrogens (primary N) is 1. The smallest absolute Gasteiger partial charge is 0.279 e. The molecule has 0 fully saturated rings. The van der Waals surface area contributed by atoms with Gasteiger partial charge >= 0.3 is 0 Å². The highest BCUT2D eigenvalue weighted by molar-refractivity contribution is 7.92. The molecular weight excluding hydrogens is 604 g/mol. The van der Waals surface area contributed by atoms with Crippen molar-refractivity contribution in [2.24, 2.45) is 0 Å². The molecule has 6 rings (SSSR count). The van der Waals surface area contributed by atoms with Crippen molar-refractivity contribution in [3.05, 3.63) is 113 Å². The highest BCUT2D eigenvalue weighted by Crippen LogP contribution is 2.30. The predicted molar refractivity (Wildman–Crippen MR) is 163 cm³/mol. The van der Waals surface area contributed by atoms with E-state index in [-0.39, 0.29) is 28.0 Å². The summed E-state index contributed by atoms with van der Waals surface area (Å²) in [4.78, 5) is 24.8. The number of nitrogens with zero attached hydrogens (tertiary/aromatic N) is 4. The Bertz CT molecular complexity index is 2230. The van der Waals surface area contributed by atoms with Crippen LogP contribution in [0, 0.1) is 32.4 Å². The summed E-state index contributed by atoms with van der Waals surface area (Å²) in [7, 11) is -3.95. The summed E-state index contributed by atoms with van der Waals surface area (Å²) < 4.78 is 63.1. The van der Waals surface area contributed by atoms with Crippen molar-refractivity contribution in [1.29, 1.82) is 0 Å². The van der Waals surface area contributed by atoms with E-state index in [1.807, 2.05) is 0 Å². The molecule has 45 heavy (non-hydrogen) atoms. The summed E-state index contributed by atoms with van der Waals surface area (Å²) in [6, 6.07) is 14.6. The predicted octanol–water partition coefficient (Wildman–Crippen LogP) is 5.75. The number of halogens is 2. The third-order valence-corrected chi connectivity index (χ3v) is 8.32. The van der Waals surface area contributed by atoms with E-state index in [4.69, 9.17) is 10.5 Å². The van der Waals surface area contributed by atoms with Gasteiger partial charge in [0.25, 0.3) is 10.0 Å². The maximum Gasteiger partial charge on any atom is 0.279 e. The molecule has 14 heteroatoms. The number of hydrogen-bond donors (Lipinski definition) is 3. The van der Waals surface area contributed by atoms with Crippen LogP contribution in [0.4, 0.5) is 20.3 Å². The number of hydrogen-bond acceptors (Lipinski definition) is 8. The standard InChI is InChI=1S/C31H25F2N7O4S/c1-16-10-19-12-25(38-24(19)13-23(16)39-45(42,43)28-9-4-6-18(3)37-28)29(41)20-14-36-40(31(20)34)26-15-35-27(11-17(26)2)44-30-21(32)7-5-8-22(30)33/h4-15,38-39H,34H2,1-3H3. The number of carbonyl (C=O) groups is 1. The Kier molecular flexibility index (Phi) is 7.29. The Hall–Kier alpha value is -5.63. The molecule has 11 nitrogen and oxygen atoms in total. The number of para-hydroxylation sites is 1. The molecular formula is C31H25F2N7O4S. The van der Waals surface area contributed by atoms with Crippen LogP contribution in [0.25, 0.3) is 16.6 Å². The van der Waals surface area contributed by atoms with E-state index in [2.05, 4.69) is 24.8 Å². The van der Waals surface area contributed by atoms with E-state index >= 15 is 0 Å². The highest BCUT2D eigenvalue weighted by Gasteiger charge is 2.22. The zero-order chi connectivity index (χ0) is 32.0. The third kappa shape index (κ3) is 5.58. The van der Waals surface area contributed by atoms with E-state index in [1.165, 1.54) is 35.3 Å². The molecule has 0 aliphatic carbocycles. The number of anilines is 2. The molecule has 0 spiro atoms. The fraction of sp³-hybridized carbons (Fsp3) is 0.0968. The molecule has 4 N–H and O–H groups in total. The number of ether oxygens (including phenoxy) is 1. The molecule has 0 radical (unpaired) electrons. The molecule has 0 bridgehead atoms. The van der Waals surface area contributed by atoms with Gasteiger partial charge in [-0.3, -0.25) is 9.52 Å². The molecule has 4 aromatic heterocycles. The molecule has 0 aliphatic heterocycles. The van der Waals surface area contributed by atoms with Crippen molar-refractivity contribution in [2.45, 2.75) is 25.8 Å². The first-order valence-corrected chi connectivity index (χ1v) is 15.0. The minimum atomic E-state index is -3.95. The van der Waals surface area contributed by atoms with E-state index in [0.29, 0.717) is 39.1 Å². The van der Waals surface area contributed by atoms with Crippen LogP contribution in [0.15, 0.2) is 78.1 Å². The van der Waals surface area contributed by atoms with Crippen LogP contribution in [0.2, 0.25) is 0 Å². The van der Waals surface area contributed by atoms with Gasteiger partial charge in [-0.2, -0.15) is 13.5 Å². The summed E-state index contributed by atoms with van der Waals surface area (Å²) in [6.45, 7) is 5.15. The lowest BCUT2D eigenvalue weighted by Gasteiger charge is -2.11. The fourth-order valence-electron chi connectivity index (χ4n) is 4.75. The number of carbonyl (C=O) groups excluding carboxylic acids is 1. The van der Waals surface area contributed by atoms with E-state index in [9.17, 15) is 22.0 Å². The number of rotatable bonds is 8. The minimum Gasteiger partial charge on any atom is -0.433 e. The van der Waals surface area contributed by atoms with Crippen LogP contribution in [0.5, 0.6) is 11.6 Å². The van der Waals surface area contributed by atoms with Crippen molar-refractivity contribution in [3.63, 3.8) is 0 Å². The largest absolute Gasteiger partial charge is 0.433 e. The summed E-state index contributed by atoms with van der Waals surface area (Å²) in [6.07, 6.45) is 2.68. The average molecular weight is 630 g/mol. The number of fused-ring (bicyclic) bond motifs is 1. The molecule has 0 aliphatic rings. The molecule has 6 aromatic rings. The lowest BCUT2D eigenvalue weighted by Crippen LogP contribution is -2.15. The minimum absolute atomic E-state index is 0.0349. The first-order chi connectivity index (χ1) is 21.4. The average Bonchev–Trinajstić information content (AvgIpc) is 3.58. The third-order valence-electron chi connectivity index (χ3n) is 7.06. The van der Waals surface area contributed by atoms with Crippen LogP contribution < -0.4 is 15.2 Å². The number of aryl methyl sites for hydroxylation is 3. The molecule has 0 saturated carbocycles. The van der Waals surface area contributed by atoms with E-state index < -0.39 is 33.2 Å². The first kappa shape index (κ1) is 29.4. The zero-order valence-corrected chi connectivity index (χ0v) is 24.9. The van der Waals surface area contributed by atoms with Crippen molar-refractivity contribution in [2.75, 3.05) is 10.5 Å². The second-order valence-corrected chi connectivity index (χ2v) is 11.9. The Labute approximate surface area is 255 Å². The number of H-pyrrole nitrogens is 1. The number of ketones is 1. The van der Waals surface area contributed by atoms with Gasteiger partial charge < -0.3 is 15.5 Å². The number of sulfonamides is 1. The van der Waals surface area contributed by atoms with Crippen LogP contribution in [-0.2, 0) is 10.0 Å². The zero-order valence-electron chi connectivity index (χ0n) is 24.1. The van der Waals surface area contributed by atoms with Crippen molar-refractivity contribution >= 4 is 38.2 Å². The van der Waals surface area contributed by atoms with Crippen LogP contribution in [0.3, 0.4) is 0 Å². The van der Waals surface area contributed by atoms with Crippen molar-refractivity contribution in [1.82, 2.24) is 24.7 Å². The van der Waals surface area contributed by atoms with Gasteiger partial charge in [0.1, 0.15) is 5.82 Å². The lowest BCUT2D eigenvalue weighted by atomic mass is 10.1. The molecule has 0 unspecified atom stereocenters. The van der Waals surface area contributed by atoms with Gasteiger partial charge in [0.05, 0.1) is 35.0 Å². The lowest BCUT2D eigenvalue weighted by molar-refractivity contribution is 0.103. The van der Waals surface area contributed by atoms with E-state index in [1.54, 1.807) is 51.1 Å². The second kappa shape index (κ2) is 11.1. The number of nitrogen functional groups attached to an aromatic ring is 1. The summed E-state index contributed by atoms with van der Waals surface area (Å²) >= 11 is 0. The normalized spacial score (nSPS) is 11.6. The number of nitrogens with one attached hydrogen (secondary N) is 2. The summed E-state index contributed by atoms with van der Waals surface area (Å²) in [5, 5.41) is 4.84. The van der Waals surface area contributed by atoms with Crippen LogP contribution in [-0.4, -0.2) is 38.9 Å². The quantitative estimate of drug-likeness (QED) is 0.180. The molecule has 2 aromatic carbocycles. The van der Waals surface area contributed by atoms with Gasteiger partial charge in [-0.25, -0.2) is 23.4 Å². The summed E-state index contributed by atoms with van der Waals surface area (Å²) in [5.41, 5.74) is 9.69. The Morgan fingerprint density at radius 3 is 2.42 bits per heavy atom. The van der Waals surface area contributed by atoms with Crippen LogP contribution >= 0.6 is 0 Å². The maximum absolute atomic E-state index is 14.0. The van der Waals surface area contributed by atoms with Gasteiger partial charge in [-0.1, -0.05) is 12.1 Å². The van der Waals surface area contributed by atoms with Gasteiger partial charge in [-0.05, 0) is 74.4 Å². The van der Waals surface area contributed by atoms with Gasteiger partial charge in [-0.15, -0.1) is 0 Å². The molecule has 4 heterocycles. The highest BCUT2D eigenvalue weighted by atomic mass is 32.2. The van der Waals surface area contributed by atoms with Gasteiger partial charge in [0.15, 0.2) is 16.7 Å². The van der Waals surface area contributed by atoms with E-state index in [0.717, 1.165) is 12.1 Å². The summed E-state index contributed by atoms with van der Waals surface area (Å²) in [5.74, 6) is -2.78. The maximum atomic E-state index is 14.0. The molecule has 0 atom stereocenters. The second-order valence-electron chi connectivity index (χ2n) is 10.3. The Balaban J connectivity index is 1.26. The topological polar surface area (TPSA) is 158 Å². The molecule has 0 saturated heterocycles. The van der Waals surface area contributed by atoms with Gasteiger partial charge in [0.2, 0.25) is 17.4 Å². The molecule has 228 valence electrons. The fourth-order valence-corrected chi connectivity index (χ4v) is 5.88. The number of benzene rings is 2. The Morgan fingerprint density at radius 2 is 1.71 bits per heavy atom. The van der Waals surface area contributed by atoms with Crippen molar-refractivity contribution in [3.8, 4) is 17.3 Å². The van der Waals surface area contributed by atoms with Crippen molar-refractivity contribution < 1.29 is 26.7 Å². The number of aromatic amines is 1. The van der Waals surface area contributed by atoms with Gasteiger partial charge in [0, 0.05) is 22.7 Å². The van der Waals surface area contributed by atoms with Crippen LogP contribution in [0.1, 0.15) is 32.9 Å². The SMILES string of the molecule is Cc1cccc(S(=O)(=O)Nc2cc3[nH]c(C(=O)c4cnn(-c5cnc(Oc6c(F)cccc6F)cc5C)c4N)cc3cc2C)n1. The number of pyridine rings is 2. The Morgan fingerprint density at radius 1 is 0.978 bits per heavy atom. The monoisotopic (exact) mass is 629 g/mol. The number of aromatic nitrogens is 5. The first-order valence-electron chi connectivity index (χ1n) is 13.5.